The summed E-state index contributed by atoms with van der Waals surface area (Å²) in [4.78, 5) is 11.4. The molecule has 0 N–H and O–H groups in total. The molecule has 0 fully saturated rings. The van der Waals surface area contributed by atoms with E-state index in [1.54, 1.807) is 6.08 Å². The monoisotopic (exact) mass is 372 g/mol. The predicted molar refractivity (Wildman–Crippen MR) is 119 cm³/mol. The summed E-state index contributed by atoms with van der Waals surface area (Å²) < 4.78 is 4.97. The van der Waals surface area contributed by atoms with Crippen LogP contribution in [0.5, 0.6) is 0 Å². The van der Waals surface area contributed by atoms with Gasteiger partial charge in [0.2, 0.25) is 0 Å². The lowest BCUT2D eigenvalue weighted by Crippen LogP contribution is -2.03. The first-order chi connectivity index (χ1) is 12.8. The van der Waals surface area contributed by atoms with E-state index in [0.29, 0.717) is 13.0 Å². The molecular weight excluding hydrogens is 332 g/mol. The lowest BCUT2D eigenvalue weighted by molar-refractivity contribution is -0.142. The Morgan fingerprint density at radius 3 is 1.52 bits per heavy atom. The van der Waals surface area contributed by atoms with E-state index in [-0.39, 0.29) is 5.97 Å². The van der Waals surface area contributed by atoms with Crippen LogP contribution in [0.15, 0.2) is 59.3 Å². The minimum atomic E-state index is -0.154. The van der Waals surface area contributed by atoms with Crippen molar-refractivity contribution in [2.45, 2.75) is 86.0 Å². The fourth-order valence-electron chi connectivity index (χ4n) is 2.65. The van der Waals surface area contributed by atoms with Gasteiger partial charge in [0.25, 0.3) is 0 Å². The maximum absolute atomic E-state index is 11.4. The molecule has 2 heteroatoms. The molecule has 0 atom stereocenters. The van der Waals surface area contributed by atoms with E-state index in [2.05, 4.69) is 65.5 Å². The first-order valence-corrected chi connectivity index (χ1v) is 10.2. The molecule has 2 nitrogen and oxygen atoms in total. The van der Waals surface area contributed by atoms with E-state index in [1.165, 1.54) is 28.7 Å². The van der Waals surface area contributed by atoms with Gasteiger partial charge in [0.15, 0.2) is 0 Å². The molecule has 0 bridgehead atoms. The van der Waals surface area contributed by atoms with Gasteiger partial charge in [-0.3, -0.25) is 4.79 Å². The van der Waals surface area contributed by atoms with Crippen molar-refractivity contribution in [3.05, 3.63) is 59.3 Å². The first-order valence-electron chi connectivity index (χ1n) is 10.2. The Labute approximate surface area is 167 Å². The van der Waals surface area contributed by atoms with Gasteiger partial charge in [0.1, 0.15) is 6.61 Å². The Kier molecular flexibility index (Phi) is 15.2. The highest BCUT2D eigenvalue weighted by molar-refractivity contribution is 5.69. The third-order valence-electron chi connectivity index (χ3n) is 4.36. The number of rotatable bonds is 14. The third-order valence-corrected chi connectivity index (χ3v) is 4.36. The number of carbonyl (C=O) groups is 1. The van der Waals surface area contributed by atoms with E-state index in [0.717, 1.165) is 38.5 Å². The van der Waals surface area contributed by atoms with E-state index in [1.807, 2.05) is 0 Å². The van der Waals surface area contributed by atoms with Crippen LogP contribution < -0.4 is 0 Å². The summed E-state index contributed by atoms with van der Waals surface area (Å²) in [5.74, 6) is -0.154. The van der Waals surface area contributed by atoms with Crippen molar-refractivity contribution in [1.82, 2.24) is 0 Å². The molecule has 0 saturated heterocycles. The summed E-state index contributed by atoms with van der Waals surface area (Å²) in [5, 5.41) is 0. The summed E-state index contributed by atoms with van der Waals surface area (Å²) in [7, 11) is 0. The zero-order valence-corrected chi connectivity index (χ0v) is 18.3. The molecule has 0 unspecified atom stereocenters. The van der Waals surface area contributed by atoms with Crippen LogP contribution in [0.1, 0.15) is 86.0 Å². The minimum absolute atomic E-state index is 0.154. The van der Waals surface area contributed by atoms with E-state index in [4.69, 9.17) is 4.74 Å². The summed E-state index contributed by atoms with van der Waals surface area (Å²) in [6, 6.07) is 0. The summed E-state index contributed by atoms with van der Waals surface area (Å²) in [6.07, 6.45) is 18.7. The van der Waals surface area contributed by atoms with Gasteiger partial charge in [0, 0.05) is 6.42 Å². The highest BCUT2D eigenvalue weighted by atomic mass is 16.5. The molecule has 152 valence electrons. The number of ether oxygens (including phenoxy) is 1. The number of hydrogen-bond donors (Lipinski definition) is 0. The van der Waals surface area contributed by atoms with Crippen LogP contribution in [0.3, 0.4) is 0 Å². The van der Waals surface area contributed by atoms with Gasteiger partial charge < -0.3 is 4.74 Å². The van der Waals surface area contributed by atoms with E-state index in [9.17, 15) is 4.79 Å². The summed E-state index contributed by atoms with van der Waals surface area (Å²) in [5.41, 5.74) is 5.69. The van der Waals surface area contributed by atoms with Crippen molar-refractivity contribution in [2.24, 2.45) is 0 Å². The molecule has 0 amide bonds. The second-order valence-electron chi connectivity index (χ2n) is 7.56. The maximum atomic E-state index is 11.4. The number of carbonyl (C=O) groups excluding carboxylic acids is 1. The van der Waals surface area contributed by atoms with Gasteiger partial charge in [-0.15, -0.1) is 0 Å². The first kappa shape index (κ1) is 25.2. The van der Waals surface area contributed by atoms with Crippen LogP contribution in [-0.4, -0.2) is 12.6 Å². The fraction of sp³-hybridized carbons (Fsp3) is 0.560. The molecule has 0 rings (SSSR count). The molecule has 0 aliphatic heterocycles. The average Bonchev–Trinajstić information content (AvgIpc) is 2.59. The molecule has 0 spiro atoms. The second kappa shape index (κ2) is 16.4. The molecular formula is C25H40O2. The van der Waals surface area contributed by atoms with Crippen LogP contribution in [-0.2, 0) is 9.53 Å². The van der Waals surface area contributed by atoms with Crippen molar-refractivity contribution in [2.75, 3.05) is 6.61 Å². The highest BCUT2D eigenvalue weighted by Gasteiger charge is 1.99. The SMILES string of the molecule is C=CCOC(=O)CC/C=C(\C)CC/C=C(\C)CC/C=C(\C)CCC=C(C)C. The van der Waals surface area contributed by atoms with Gasteiger partial charge in [-0.2, -0.15) is 0 Å². The molecule has 0 radical (unpaired) electrons. The van der Waals surface area contributed by atoms with Crippen LogP contribution in [0.4, 0.5) is 0 Å². The normalized spacial score (nSPS) is 12.7. The fourth-order valence-corrected chi connectivity index (χ4v) is 2.65. The molecule has 0 aromatic rings. The smallest absolute Gasteiger partial charge is 0.306 e. The van der Waals surface area contributed by atoms with Gasteiger partial charge in [-0.1, -0.05) is 59.3 Å². The molecule has 27 heavy (non-hydrogen) atoms. The van der Waals surface area contributed by atoms with Gasteiger partial charge in [-0.25, -0.2) is 0 Å². The van der Waals surface area contributed by atoms with Crippen molar-refractivity contribution < 1.29 is 9.53 Å². The zero-order chi connectivity index (χ0) is 20.5. The van der Waals surface area contributed by atoms with Crippen LogP contribution in [0.25, 0.3) is 0 Å². The van der Waals surface area contributed by atoms with Crippen LogP contribution in [0, 0.1) is 0 Å². The Balaban J connectivity index is 4.00. The quantitative estimate of drug-likeness (QED) is 0.231. The molecule has 0 saturated carbocycles. The Hall–Kier alpha value is -1.83. The van der Waals surface area contributed by atoms with Gasteiger partial charge >= 0.3 is 5.97 Å². The molecule has 0 aliphatic carbocycles. The molecule has 0 aromatic carbocycles. The van der Waals surface area contributed by atoms with E-state index >= 15 is 0 Å². The lowest BCUT2D eigenvalue weighted by Gasteiger charge is -2.03. The number of esters is 1. The maximum Gasteiger partial charge on any atom is 0.306 e. The third kappa shape index (κ3) is 17.3. The number of hydrogen-bond acceptors (Lipinski definition) is 2. The average molecular weight is 373 g/mol. The Morgan fingerprint density at radius 2 is 1.11 bits per heavy atom. The highest BCUT2D eigenvalue weighted by Crippen LogP contribution is 2.14. The summed E-state index contributed by atoms with van der Waals surface area (Å²) in [6.45, 7) is 14.7. The Bertz CT molecular complexity index is 555. The topological polar surface area (TPSA) is 26.3 Å². The van der Waals surface area contributed by atoms with Gasteiger partial charge in [0.05, 0.1) is 0 Å². The van der Waals surface area contributed by atoms with Crippen molar-refractivity contribution in [1.29, 1.82) is 0 Å². The molecule has 0 heterocycles. The minimum Gasteiger partial charge on any atom is -0.461 e. The van der Waals surface area contributed by atoms with Crippen LogP contribution in [0.2, 0.25) is 0 Å². The van der Waals surface area contributed by atoms with Crippen molar-refractivity contribution in [3.63, 3.8) is 0 Å². The van der Waals surface area contributed by atoms with E-state index < -0.39 is 0 Å². The molecule has 0 aliphatic rings. The largest absolute Gasteiger partial charge is 0.461 e. The summed E-state index contributed by atoms with van der Waals surface area (Å²) >= 11 is 0. The van der Waals surface area contributed by atoms with Crippen LogP contribution >= 0.6 is 0 Å². The lowest BCUT2D eigenvalue weighted by atomic mass is 10.0. The Morgan fingerprint density at radius 1 is 0.704 bits per heavy atom. The predicted octanol–water partition coefficient (Wildman–Crippen LogP) is 7.64. The van der Waals surface area contributed by atoms with Gasteiger partial charge in [-0.05, 0) is 79.6 Å². The van der Waals surface area contributed by atoms with Crippen molar-refractivity contribution >= 4 is 5.97 Å². The molecule has 0 aromatic heterocycles. The standard InChI is InChI=1S/C25H40O2/c1-7-20-27-25(26)19-11-18-24(6)17-10-16-23(5)15-9-14-22(4)13-8-12-21(2)3/h7,12,14,16,18H,1,8-11,13,15,17,19-20H2,2-6H3/b22-14+,23-16+,24-18+. The van der Waals surface area contributed by atoms with Crippen molar-refractivity contribution in [3.8, 4) is 0 Å². The second-order valence-corrected chi connectivity index (χ2v) is 7.56. The zero-order valence-electron chi connectivity index (χ0n) is 18.3. The number of allylic oxidation sites excluding steroid dienone is 8.